The molecule has 1 aromatic heterocycles. The fourth-order valence-corrected chi connectivity index (χ4v) is 3.56. The summed E-state index contributed by atoms with van der Waals surface area (Å²) in [6.45, 7) is 4.20. The van der Waals surface area contributed by atoms with Crippen LogP contribution in [0.3, 0.4) is 0 Å². The SMILES string of the molecule is Cc1ccc(-c2ccc3c(NC(=O)c4ccc(Cl)cc4Cl)n[nH]c3c2)cc1C. The topological polar surface area (TPSA) is 57.8 Å². The Kier molecular flexibility index (Phi) is 4.84. The lowest BCUT2D eigenvalue weighted by Crippen LogP contribution is -2.12. The standard InChI is InChI=1S/C22H17Cl2N3O/c1-12-3-4-14(9-13(12)2)15-5-7-18-20(10-15)26-27-21(18)25-22(28)17-8-6-16(23)11-19(17)24/h3-11H,1-2H3,(H2,25,26,27,28). The predicted molar refractivity (Wildman–Crippen MR) is 115 cm³/mol. The number of carbonyl (C=O) groups excluding carboxylic acids is 1. The maximum atomic E-state index is 12.6. The number of anilines is 1. The number of H-pyrrole nitrogens is 1. The fourth-order valence-electron chi connectivity index (χ4n) is 3.06. The van der Waals surface area contributed by atoms with E-state index in [-0.39, 0.29) is 5.91 Å². The van der Waals surface area contributed by atoms with Crippen LogP contribution in [0.25, 0.3) is 22.0 Å². The van der Waals surface area contributed by atoms with E-state index in [2.05, 4.69) is 47.6 Å². The van der Waals surface area contributed by atoms with Gasteiger partial charge < -0.3 is 5.32 Å². The Bertz CT molecular complexity index is 1210. The van der Waals surface area contributed by atoms with Crippen molar-refractivity contribution < 1.29 is 4.79 Å². The Labute approximate surface area is 172 Å². The Morgan fingerprint density at radius 2 is 1.68 bits per heavy atom. The van der Waals surface area contributed by atoms with Gasteiger partial charge in [-0.25, -0.2) is 0 Å². The number of hydrogen-bond acceptors (Lipinski definition) is 2. The normalized spacial score (nSPS) is 11.0. The van der Waals surface area contributed by atoms with Gasteiger partial charge in [-0.1, -0.05) is 47.5 Å². The van der Waals surface area contributed by atoms with Crippen LogP contribution in [-0.2, 0) is 0 Å². The average molecular weight is 410 g/mol. The highest BCUT2D eigenvalue weighted by molar-refractivity contribution is 6.37. The molecule has 140 valence electrons. The van der Waals surface area contributed by atoms with Gasteiger partial charge in [-0.15, -0.1) is 0 Å². The van der Waals surface area contributed by atoms with Gasteiger partial charge in [0.25, 0.3) is 5.91 Å². The summed E-state index contributed by atoms with van der Waals surface area (Å²) in [6.07, 6.45) is 0. The molecule has 4 aromatic rings. The second-order valence-corrected chi connectivity index (χ2v) is 7.55. The molecular formula is C22H17Cl2N3O. The van der Waals surface area contributed by atoms with Crippen molar-refractivity contribution in [3.8, 4) is 11.1 Å². The first kappa shape index (κ1) is 18.5. The summed E-state index contributed by atoms with van der Waals surface area (Å²) in [4.78, 5) is 12.6. The number of nitrogens with one attached hydrogen (secondary N) is 2. The Hall–Kier alpha value is -2.82. The smallest absolute Gasteiger partial charge is 0.258 e. The molecule has 3 aromatic carbocycles. The van der Waals surface area contributed by atoms with Gasteiger partial charge in [-0.2, -0.15) is 5.10 Å². The zero-order valence-electron chi connectivity index (χ0n) is 15.3. The molecule has 0 fully saturated rings. The maximum absolute atomic E-state index is 12.6. The van der Waals surface area contributed by atoms with E-state index in [1.54, 1.807) is 12.1 Å². The van der Waals surface area contributed by atoms with Crippen molar-refractivity contribution in [3.05, 3.63) is 81.3 Å². The molecule has 1 heterocycles. The van der Waals surface area contributed by atoms with Gasteiger partial charge in [0, 0.05) is 10.4 Å². The zero-order chi connectivity index (χ0) is 19.8. The Morgan fingerprint density at radius 3 is 2.43 bits per heavy atom. The number of carbonyl (C=O) groups is 1. The van der Waals surface area contributed by atoms with Crippen LogP contribution >= 0.6 is 23.2 Å². The van der Waals surface area contributed by atoms with Gasteiger partial charge in [0.2, 0.25) is 0 Å². The van der Waals surface area contributed by atoms with Crippen LogP contribution in [0.15, 0.2) is 54.6 Å². The van der Waals surface area contributed by atoms with E-state index in [1.165, 1.54) is 17.2 Å². The van der Waals surface area contributed by atoms with Gasteiger partial charge in [-0.3, -0.25) is 9.89 Å². The molecule has 6 heteroatoms. The van der Waals surface area contributed by atoms with Gasteiger partial charge >= 0.3 is 0 Å². The van der Waals surface area contributed by atoms with Gasteiger partial charge in [-0.05, 0) is 66.4 Å². The molecule has 0 aliphatic carbocycles. The van der Waals surface area contributed by atoms with Crippen LogP contribution in [0.1, 0.15) is 21.5 Å². The molecule has 4 nitrogen and oxygen atoms in total. The second kappa shape index (κ2) is 7.30. The first-order valence-electron chi connectivity index (χ1n) is 8.74. The van der Waals surface area contributed by atoms with E-state index in [1.807, 2.05) is 18.2 Å². The third-order valence-electron chi connectivity index (χ3n) is 4.81. The molecule has 0 saturated heterocycles. The minimum Gasteiger partial charge on any atom is -0.305 e. The van der Waals surface area contributed by atoms with Crippen molar-refractivity contribution in [2.45, 2.75) is 13.8 Å². The number of aromatic amines is 1. The number of aryl methyl sites for hydroxylation is 2. The molecule has 0 bridgehead atoms. The molecule has 0 aliphatic heterocycles. The van der Waals surface area contributed by atoms with Crippen LogP contribution in [0.5, 0.6) is 0 Å². The van der Waals surface area contributed by atoms with E-state index in [0.29, 0.717) is 21.4 Å². The van der Waals surface area contributed by atoms with Crippen LogP contribution < -0.4 is 5.32 Å². The number of halogens is 2. The molecule has 4 rings (SSSR count). The summed E-state index contributed by atoms with van der Waals surface area (Å²) in [5.74, 6) is 0.117. The highest BCUT2D eigenvalue weighted by Crippen LogP contribution is 2.29. The summed E-state index contributed by atoms with van der Waals surface area (Å²) < 4.78 is 0. The van der Waals surface area contributed by atoms with E-state index >= 15 is 0 Å². The van der Waals surface area contributed by atoms with Crippen LogP contribution in [0.2, 0.25) is 10.0 Å². The number of fused-ring (bicyclic) bond motifs is 1. The van der Waals surface area contributed by atoms with Crippen LogP contribution in [0.4, 0.5) is 5.82 Å². The molecule has 0 spiro atoms. The molecule has 0 saturated carbocycles. The molecule has 0 radical (unpaired) electrons. The van der Waals surface area contributed by atoms with E-state index < -0.39 is 0 Å². The van der Waals surface area contributed by atoms with E-state index in [4.69, 9.17) is 23.2 Å². The maximum Gasteiger partial charge on any atom is 0.258 e. The number of amides is 1. The molecule has 0 aliphatic rings. The van der Waals surface area contributed by atoms with Crippen LogP contribution in [0, 0.1) is 13.8 Å². The quantitative estimate of drug-likeness (QED) is 0.410. The van der Waals surface area contributed by atoms with Crippen molar-refractivity contribution in [1.29, 1.82) is 0 Å². The van der Waals surface area contributed by atoms with Crippen molar-refractivity contribution in [2.24, 2.45) is 0 Å². The van der Waals surface area contributed by atoms with Crippen molar-refractivity contribution in [1.82, 2.24) is 10.2 Å². The van der Waals surface area contributed by atoms with Crippen molar-refractivity contribution >= 4 is 45.8 Å². The number of hydrogen-bond donors (Lipinski definition) is 2. The van der Waals surface area contributed by atoms with Crippen LogP contribution in [-0.4, -0.2) is 16.1 Å². The number of benzene rings is 3. The fraction of sp³-hybridized carbons (Fsp3) is 0.0909. The van der Waals surface area contributed by atoms with Gasteiger partial charge in [0.05, 0.1) is 16.1 Å². The number of rotatable bonds is 3. The summed E-state index contributed by atoms with van der Waals surface area (Å²) in [5.41, 5.74) is 5.91. The Balaban J connectivity index is 1.64. The van der Waals surface area contributed by atoms with E-state index in [0.717, 1.165) is 22.0 Å². The minimum atomic E-state index is -0.340. The lowest BCUT2D eigenvalue weighted by atomic mass is 10.00. The van der Waals surface area contributed by atoms with Gasteiger partial charge in [0.1, 0.15) is 0 Å². The van der Waals surface area contributed by atoms with Crippen molar-refractivity contribution in [3.63, 3.8) is 0 Å². The number of aromatic nitrogens is 2. The molecule has 0 unspecified atom stereocenters. The zero-order valence-corrected chi connectivity index (χ0v) is 16.8. The highest BCUT2D eigenvalue weighted by atomic mass is 35.5. The predicted octanol–water partition coefficient (Wildman–Crippen LogP) is 6.41. The largest absolute Gasteiger partial charge is 0.305 e. The van der Waals surface area contributed by atoms with Gasteiger partial charge in [0.15, 0.2) is 5.82 Å². The molecule has 2 N–H and O–H groups in total. The summed E-state index contributed by atoms with van der Waals surface area (Å²) in [5, 5.41) is 11.6. The monoisotopic (exact) mass is 409 g/mol. The molecular weight excluding hydrogens is 393 g/mol. The summed E-state index contributed by atoms with van der Waals surface area (Å²) in [7, 11) is 0. The molecule has 28 heavy (non-hydrogen) atoms. The third kappa shape index (κ3) is 3.49. The third-order valence-corrected chi connectivity index (χ3v) is 5.36. The first-order valence-corrected chi connectivity index (χ1v) is 9.50. The van der Waals surface area contributed by atoms with Crippen molar-refractivity contribution in [2.75, 3.05) is 5.32 Å². The lowest BCUT2D eigenvalue weighted by Gasteiger charge is -2.07. The second-order valence-electron chi connectivity index (χ2n) is 6.71. The molecule has 0 atom stereocenters. The number of nitrogens with zero attached hydrogens (tertiary/aromatic N) is 1. The summed E-state index contributed by atoms with van der Waals surface area (Å²) in [6, 6.07) is 17.1. The molecule has 1 amide bonds. The average Bonchev–Trinajstić information content (AvgIpc) is 3.06. The van der Waals surface area contributed by atoms with E-state index in [9.17, 15) is 4.79 Å². The first-order chi connectivity index (χ1) is 13.4. The lowest BCUT2D eigenvalue weighted by molar-refractivity contribution is 0.102. The minimum absolute atomic E-state index is 0.293. The highest BCUT2D eigenvalue weighted by Gasteiger charge is 2.15. The Morgan fingerprint density at radius 1 is 0.929 bits per heavy atom. The summed E-state index contributed by atoms with van der Waals surface area (Å²) >= 11 is 12.0.